The molecule has 7 heteroatoms. The second kappa shape index (κ2) is 6.98. The Morgan fingerprint density at radius 2 is 2.04 bits per heavy atom. The van der Waals surface area contributed by atoms with Crippen LogP contribution in [0.4, 0.5) is 11.5 Å². The largest absolute Gasteiger partial charge is 0.462 e. The van der Waals surface area contributed by atoms with E-state index in [9.17, 15) is 4.79 Å². The Balaban J connectivity index is 2.12. The van der Waals surface area contributed by atoms with Crippen LogP contribution < -0.4 is 5.32 Å². The van der Waals surface area contributed by atoms with Gasteiger partial charge >= 0.3 is 5.97 Å². The Morgan fingerprint density at radius 1 is 1.28 bits per heavy atom. The smallest absolute Gasteiger partial charge is 0.348 e. The summed E-state index contributed by atoms with van der Waals surface area (Å²) >= 11 is 7.36. The molecule has 130 valence electrons. The lowest BCUT2D eigenvalue weighted by molar-refractivity contribution is 0.0531. The van der Waals surface area contributed by atoms with Gasteiger partial charge in [0.1, 0.15) is 21.3 Å². The van der Waals surface area contributed by atoms with Gasteiger partial charge in [-0.05, 0) is 57.0 Å². The van der Waals surface area contributed by atoms with Crippen molar-refractivity contribution in [3.63, 3.8) is 0 Å². The number of carbonyl (C=O) groups excluding carboxylic acids is 1. The average Bonchev–Trinajstić information content (AvgIpc) is 2.87. The van der Waals surface area contributed by atoms with Gasteiger partial charge in [-0.25, -0.2) is 14.8 Å². The first-order valence-corrected chi connectivity index (χ1v) is 9.08. The standard InChI is InChI=1S/C18H18ClN3O2S/c1-5-24-18(23)15-10(3)14-16(20-11(4)21-17(14)25-15)22-13-7-6-12(19)8-9(13)2/h6-8H,5H2,1-4H3,(H,20,21,22). The van der Waals surface area contributed by atoms with Crippen molar-refractivity contribution in [1.82, 2.24) is 9.97 Å². The number of benzene rings is 1. The van der Waals surface area contributed by atoms with Crippen LogP contribution in [0.5, 0.6) is 0 Å². The molecule has 0 aliphatic heterocycles. The minimum atomic E-state index is -0.325. The fourth-order valence-corrected chi connectivity index (χ4v) is 3.97. The molecule has 5 nitrogen and oxygen atoms in total. The molecule has 0 spiro atoms. The molecule has 3 aromatic rings. The average molecular weight is 376 g/mol. The number of carbonyl (C=O) groups is 1. The van der Waals surface area contributed by atoms with Gasteiger partial charge in [0.05, 0.1) is 12.0 Å². The first-order chi connectivity index (χ1) is 11.9. The molecule has 3 rings (SSSR count). The summed E-state index contributed by atoms with van der Waals surface area (Å²) in [5, 5.41) is 4.88. The third-order valence-corrected chi connectivity index (χ3v) is 5.21. The molecule has 0 aliphatic rings. The van der Waals surface area contributed by atoms with E-state index in [1.165, 1.54) is 11.3 Å². The van der Waals surface area contributed by atoms with E-state index in [0.717, 1.165) is 27.0 Å². The fourth-order valence-electron chi connectivity index (χ4n) is 2.62. The van der Waals surface area contributed by atoms with Crippen LogP contribution in [0.3, 0.4) is 0 Å². The number of rotatable bonds is 4. The molecule has 0 atom stereocenters. The van der Waals surface area contributed by atoms with Crippen molar-refractivity contribution in [3.05, 3.63) is 45.1 Å². The second-order valence-corrected chi connectivity index (χ2v) is 7.10. The van der Waals surface area contributed by atoms with E-state index in [0.29, 0.717) is 28.1 Å². The van der Waals surface area contributed by atoms with E-state index in [2.05, 4.69) is 15.3 Å². The maximum atomic E-state index is 12.2. The number of fused-ring (bicyclic) bond motifs is 1. The van der Waals surface area contributed by atoms with Crippen molar-refractivity contribution in [2.75, 3.05) is 11.9 Å². The molecule has 0 fully saturated rings. The SMILES string of the molecule is CCOC(=O)c1sc2nc(C)nc(Nc3ccc(Cl)cc3C)c2c1C. The van der Waals surface area contributed by atoms with E-state index in [4.69, 9.17) is 16.3 Å². The molecular formula is C18H18ClN3O2S. The van der Waals surface area contributed by atoms with Crippen LogP contribution in [0.15, 0.2) is 18.2 Å². The van der Waals surface area contributed by atoms with Crippen molar-refractivity contribution >= 4 is 50.6 Å². The van der Waals surface area contributed by atoms with Gasteiger partial charge in [-0.3, -0.25) is 0 Å². The van der Waals surface area contributed by atoms with Crippen molar-refractivity contribution in [2.45, 2.75) is 27.7 Å². The van der Waals surface area contributed by atoms with Gasteiger partial charge < -0.3 is 10.1 Å². The van der Waals surface area contributed by atoms with Crippen LogP contribution in [0, 0.1) is 20.8 Å². The molecule has 0 unspecified atom stereocenters. The third kappa shape index (κ3) is 3.45. The first-order valence-electron chi connectivity index (χ1n) is 7.88. The summed E-state index contributed by atoms with van der Waals surface area (Å²) in [6.07, 6.45) is 0. The second-order valence-electron chi connectivity index (χ2n) is 5.66. The zero-order valence-corrected chi connectivity index (χ0v) is 16.0. The van der Waals surface area contributed by atoms with Crippen LogP contribution in [0.1, 0.15) is 33.5 Å². The third-order valence-electron chi connectivity index (χ3n) is 3.80. The molecule has 2 heterocycles. The summed E-state index contributed by atoms with van der Waals surface area (Å²) in [6, 6.07) is 5.63. The number of thiophene rings is 1. The summed E-state index contributed by atoms with van der Waals surface area (Å²) in [4.78, 5) is 22.5. The zero-order valence-electron chi connectivity index (χ0n) is 14.4. The highest BCUT2D eigenvalue weighted by atomic mass is 35.5. The lowest BCUT2D eigenvalue weighted by Gasteiger charge is -2.11. The summed E-state index contributed by atoms with van der Waals surface area (Å²) < 4.78 is 5.15. The first kappa shape index (κ1) is 17.6. The Kier molecular flexibility index (Phi) is 4.92. The number of nitrogens with one attached hydrogen (secondary N) is 1. The number of aryl methyl sites for hydroxylation is 3. The molecule has 1 N–H and O–H groups in total. The fraction of sp³-hybridized carbons (Fsp3) is 0.278. The quantitative estimate of drug-likeness (QED) is 0.635. The van der Waals surface area contributed by atoms with Crippen molar-refractivity contribution in [2.24, 2.45) is 0 Å². The number of hydrogen-bond acceptors (Lipinski definition) is 6. The normalized spacial score (nSPS) is 10.9. The number of anilines is 2. The van der Waals surface area contributed by atoms with E-state index in [-0.39, 0.29) is 5.97 Å². The molecule has 0 saturated heterocycles. The number of esters is 1. The van der Waals surface area contributed by atoms with Gasteiger partial charge in [-0.15, -0.1) is 11.3 Å². The Labute approximate surface area is 155 Å². The molecule has 0 radical (unpaired) electrons. The molecule has 2 aromatic heterocycles. The molecule has 1 aromatic carbocycles. The van der Waals surface area contributed by atoms with Gasteiger partial charge in [-0.1, -0.05) is 11.6 Å². The minimum absolute atomic E-state index is 0.325. The van der Waals surface area contributed by atoms with Gasteiger partial charge in [0.25, 0.3) is 0 Å². The number of halogens is 1. The summed E-state index contributed by atoms with van der Waals surface area (Å²) in [5.41, 5.74) is 2.75. The van der Waals surface area contributed by atoms with Gasteiger partial charge in [0.15, 0.2) is 0 Å². The maximum Gasteiger partial charge on any atom is 0.348 e. The Morgan fingerprint density at radius 3 is 2.72 bits per heavy atom. The Bertz CT molecular complexity index is 969. The van der Waals surface area contributed by atoms with Gasteiger partial charge in [0, 0.05) is 10.7 Å². The van der Waals surface area contributed by atoms with Gasteiger partial charge in [-0.2, -0.15) is 0 Å². The summed E-state index contributed by atoms with van der Waals surface area (Å²) in [7, 11) is 0. The molecule has 0 bridgehead atoms. The number of ether oxygens (including phenoxy) is 1. The van der Waals surface area contributed by atoms with E-state index < -0.39 is 0 Å². The van der Waals surface area contributed by atoms with E-state index >= 15 is 0 Å². The predicted octanol–water partition coefficient (Wildman–Crippen LogP) is 5.19. The van der Waals surface area contributed by atoms with Crippen LogP contribution in [0.2, 0.25) is 5.02 Å². The summed E-state index contributed by atoms with van der Waals surface area (Å²) in [6.45, 7) is 7.83. The van der Waals surface area contributed by atoms with E-state index in [1.54, 1.807) is 6.92 Å². The van der Waals surface area contributed by atoms with Crippen LogP contribution in [0.25, 0.3) is 10.2 Å². The highest BCUT2D eigenvalue weighted by Crippen LogP contribution is 2.36. The monoisotopic (exact) mass is 375 g/mol. The van der Waals surface area contributed by atoms with Crippen molar-refractivity contribution in [3.8, 4) is 0 Å². The molecule has 0 saturated carbocycles. The molecule has 0 amide bonds. The molecular weight excluding hydrogens is 358 g/mol. The molecule has 25 heavy (non-hydrogen) atoms. The highest BCUT2D eigenvalue weighted by molar-refractivity contribution is 7.20. The zero-order chi connectivity index (χ0) is 18.1. The number of hydrogen-bond donors (Lipinski definition) is 1. The topological polar surface area (TPSA) is 64.1 Å². The van der Waals surface area contributed by atoms with Crippen LogP contribution in [-0.4, -0.2) is 22.5 Å². The van der Waals surface area contributed by atoms with Crippen molar-refractivity contribution < 1.29 is 9.53 Å². The van der Waals surface area contributed by atoms with Crippen LogP contribution in [-0.2, 0) is 4.74 Å². The lowest BCUT2D eigenvalue weighted by Crippen LogP contribution is -2.04. The predicted molar refractivity (Wildman–Crippen MR) is 102 cm³/mol. The molecule has 0 aliphatic carbocycles. The number of nitrogens with zero attached hydrogens (tertiary/aromatic N) is 2. The highest BCUT2D eigenvalue weighted by Gasteiger charge is 2.21. The van der Waals surface area contributed by atoms with Gasteiger partial charge in [0.2, 0.25) is 0 Å². The van der Waals surface area contributed by atoms with E-state index in [1.807, 2.05) is 39.0 Å². The Hall–Kier alpha value is -2.18. The minimum Gasteiger partial charge on any atom is -0.462 e. The maximum absolute atomic E-state index is 12.2. The van der Waals surface area contributed by atoms with Crippen LogP contribution >= 0.6 is 22.9 Å². The van der Waals surface area contributed by atoms with Crippen molar-refractivity contribution in [1.29, 1.82) is 0 Å². The summed E-state index contributed by atoms with van der Waals surface area (Å²) in [5.74, 6) is 0.991. The number of aromatic nitrogens is 2. The lowest BCUT2D eigenvalue weighted by atomic mass is 10.1.